The summed E-state index contributed by atoms with van der Waals surface area (Å²) in [4.78, 5) is 34.6. The predicted molar refractivity (Wildman–Crippen MR) is 44.6 cm³/mol. The summed E-state index contributed by atoms with van der Waals surface area (Å²) in [6, 6.07) is 0. The van der Waals surface area contributed by atoms with E-state index in [1.54, 1.807) is 13.8 Å². The predicted octanol–water partition coefficient (Wildman–Crippen LogP) is -0.730. The lowest BCUT2D eigenvalue weighted by Gasteiger charge is -2.39. The number of hydrogen-bond donors (Lipinski definition) is 1. The van der Waals surface area contributed by atoms with Gasteiger partial charge in [-0.2, -0.15) is 0 Å². The molecule has 5 heteroatoms. The Labute approximate surface area is 76.1 Å². The maximum Gasteiger partial charge on any atom is 0.252 e. The highest BCUT2D eigenvalue weighted by Gasteiger charge is 2.42. The lowest BCUT2D eigenvalue weighted by molar-refractivity contribution is -0.154. The van der Waals surface area contributed by atoms with Gasteiger partial charge in [0, 0.05) is 6.92 Å². The molecule has 13 heavy (non-hydrogen) atoms. The maximum atomic E-state index is 11.3. The fraction of sp³-hybridized carbons (Fsp3) is 0.625. The molecule has 5 nitrogen and oxygen atoms in total. The van der Waals surface area contributed by atoms with Gasteiger partial charge in [-0.15, -0.1) is 0 Å². The molecule has 1 rings (SSSR count). The molecule has 1 aliphatic heterocycles. The fourth-order valence-electron chi connectivity index (χ4n) is 1.29. The van der Waals surface area contributed by atoms with Crippen molar-refractivity contribution >= 4 is 17.7 Å². The molecule has 0 bridgehead atoms. The summed E-state index contributed by atoms with van der Waals surface area (Å²) >= 11 is 0. The maximum absolute atomic E-state index is 11.3. The second-order valence-electron chi connectivity index (χ2n) is 3.54. The molecule has 0 atom stereocenters. The Morgan fingerprint density at radius 1 is 1.46 bits per heavy atom. The van der Waals surface area contributed by atoms with Gasteiger partial charge in [0.25, 0.3) is 5.91 Å². The van der Waals surface area contributed by atoms with E-state index in [9.17, 15) is 14.4 Å². The quantitative estimate of drug-likeness (QED) is 0.505. The molecule has 0 aromatic carbocycles. The van der Waals surface area contributed by atoms with Gasteiger partial charge in [0.05, 0.1) is 0 Å². The van der Waals surface area contributed by atoms with E-state index in [1.807, 2.05) is 0 Å². The molecular formula is C8H12N2O3. The largest absolute Gasteiger partial charge is 0.319 e. The van der Waals surface area contributed by atoms with Crippen LogP contribution in [0.15, 0.2) is 0 Å². The number of nitrogens with zero attached hydrogens (tertiary/aromatic N) is 1. The molecular weight excluding hydrogens is 172 g/mol. The van der Waals surface area contributed by atoms with Crippen LogP contribution in [0.25, 0.3) is 0 Å². The molecule has 0 aliphatic carbocycles. The first kappa shape index (κ1) is 9.70. The lowest BCUT2D eigenvalue weighted by atomic mass is 9.99. The average molecular weight is 184 g/mol. The number of piperazine rings is 1. The molecule has 1 saturated heterocycles. The van der Waals surface area contributed by atoms with Gasteiger partial charge in [-0.05, 0) is 13.8 Å². The standard InChI is InChI=1S/C8H12N2O3/c1-5(11)10-4-6(12)9-7(13)8(10,2)3/h4H2,1-3H3,(H,9,12,13). The van der Waals surface area contributed by atoms with Crippen LogP contribution < -0.4 is 5.32 Å². The van der Waals surface area contributed by atoms with Crippen LogP contribution in [0.4, 0.5) is 0 Å². The first-order valence-corrected chi connectivity index (χ1v) is 3.98. The zero-order valence-corrected chi connectivity index (χ0v) is 7.88. The molecule has 0 aromatic heterocycles. The summed E-state index contributed by atoms with van der Waals surface area (Å²) < 4.78 is 0. The molecule has 1 N–H and O–H groups in total. The Kier molecular flexibility index (Phi) is 2.11. The summed E-state index contributed by atoms with van der Waals surface area (Å²) in [6.45, 7) is 4.51. The van der Waals surface area contributed by atoms with Crippen molar-refractivity contribution < 1.29 is 14.4 Å². The molecule has 1 heterocycles. The molecule has 1 fully saturated rings. The second-order valence-corrected chi connectivity index (χ2v) is 3.54. The van der Waals surface area contributed by atoms with Crippen molar-refractivity contribution in [1.82, 2.24) is 10.2 Å². The van der Waals surface area contributed by atoms with Crippen molar-refractivity contribution in [3.8, 4) is 0 Å². The lowest BCUT2D eigenvalue weighted by Crippen LogP contribution is -2.65. The number of nitrogens with one attached hydrogen (secondary N) is 1. The molecule has 0 unspecified atom stereocenters. The summed E-state index contributed by atoms with van der Waals surface area (Å²) in [5.74, 6) is -1.13. The van der Waals surface area contributed by atoms with Crippen molar-refractivity contribution in [2.45, 2.75) is 26.3 Å². The van der Waals surface area contributed by atoms with Gasteiger partial charge in [-0.1, -0.05) is 0 Å². The fourth-order valence-corrected chi connectivity index (χ4v) is 1.29. The topological polar surface area (TPSA) is 66.5 Å². The summed E-state index contributed by atoms with van der Waals surface area (Å²) in [6.07, 6.45) is 0. The monoisotopic (exact) mass is 184 g/mol. The van der Waals surface area contributed by atoms with Crippen LogP contribution in [0.3, 0.4) is 0 Å². The smallest absolute Gasteiger partial charge is 0.252 e. The zero-order chi connectivity index (χ0) is 10.2. The molecule has 0 radical (unpaired) electrons. The van der Waals surface area contributed by atoms with Crippen LogP contribution in [0.5, 0.6) is 0 Å². The van der Waals surface area contributed by atoms with Crippen LogP contribution in [-0.2, 0) is 14.4 Å². The van der Waals surface area contributed by atoms with E-state index >= 15 is 0 Å². The van der Waals surface area contributed by atoms with Crippen molar-refractivity contribution in [2.75, 3.05) is 6.54 Å². The van der Waals surface area contributed by atoms with Gasteiger partial charge in [0.15, 0.2) is 0 Å². The van der Waals surface area contributed by atoms with Crippen LogP contribution >= 0.6 is 0 Å². The number of amides is 3. The van der Waals surface area contributed by atoms with Crippen LogP contribution in [-0.4, -0.2) is 34.7 Å². The molecule has 72 valence electrons. The Bertz CT molecular complexity index is 283. The molecule has 0 saturated carbocycles. The third kappa shape index (κ3) is 1.54. The van der Waals surface area contributed by atoms with Gasteiger partial charge in [-0.3, -0.25) is 19.7 Å². The van der Waals surface area contributed by atoms with E-state index in [2.05, 4.69) is 5.32 Å². The number of imide groups is 1. The van der Waals surface area contributed by atoms with E-state index in [0.29, 0.717) is 0 Å². The Morgan fingerprint density at radius 3 is 2.46 bits per heavy atom. The first-order chi connectivity index (χ1) is 5.85. The van der Waals surface area contributed by atoms with E-state index in [-0.39, 0.29) is 12.5 Å². The first-order valence-electron chi connectivity index (χ1n) is 3.98. The molecule has 1 aliphatic rings. The van der Waals surface area contributed by atoms with Crippen molar-refractivity contribution in [3.63, 3.8) is 0 Å². The average Bonchev–Trinajstić information content (AvgIpc) is 1.96. The Balaban J connectivity index is 2.98. The Morgan fingerprint density at radius 2 is 2.00 bits per heavy atom. The van der Waals surface area contributed by atoms with E-state index in [1.165, 1.54) is 11.8 Å². The number of rotatable bonds is 0. The highest BCUT2D eigenvalue weighted by Crippen LogP contribution is 2.17. The van der Waals surface area contributed by atoms with Gasteiger partial charge >= 0.3 is 0 Å². The third-order valence-electron chi connectivity index (χ3n) is 2.17. The molecule has 3 amide bonds. The third-order valence-corrected chi connectivity index (χ3v) is 2.17. The highest BCUT2D eigenvalue weighted by atomic mass is 16.2. The van der Waals surface area contributed by atoms with Crippen LogP contribution in [0.2, 0.25) is 0 Å². The van der Waals surface area contributed by atoms with E-state index in [4.69, 9.17) is 0 Å². The van der Waals surface area contributed by atoms with Gasteiger partial charge in [-0.25, -0.2) is 0 Å². The van der Waals surface area contributed by atoms with Crippen LogP contribution in [0, 0.1) is 0 Å². The van der Waals surface area contributed by atoms with Gasteiger partial charge in [0.2, 0.25) is 11.8 Å². The molecule has 0 spiro atoms. The second kappa shape index (κ2) is 2.83. The minimum absolute atomic E-state index is 0.0475. The summed E-state index contributed by atoms with van der Waals surface area (Å²) in [7, 11) is 0. The van der Waals surface area contributed by atoms with Gasteiger partial charge in [0.1, 0.15) is 12.1 Å². The molecule has 0 aromatic rings. The van der Waals surface area contributed by atoms with Crippen molar-refractivity contribution in [3.05, 3.63) is 0 Å². The number of carbonyl (C=O) groups excluding carboxylic acids is 3. The minimum Gasteiger partial charge on any atom is -0.319 e. The van der Waals surface area contributed by atoms with Crippen LogP contribution in [0.1, 0.15) is 20.8 Å². The van der Waals surface area contributed by atoms with E-state index in [0.717, 1.165) is 0 Å². The van der Waals surface area contributed by atoms with E-state index < -0.39 is 17.4 Å². The highest BCUT2D eigenvalue weighted by molar-refractivity contribution is 6.05. The minimum atomic E-state index is -0.931. The summed E-state index contributed by atoms with van der Waals surface area (Å²) in [5.41, 5.74) is -0.931. The van der Waals surface area contributed by atoms with Crippen molar-refractivity contribution in [2.24, 2.45) is 0 Å². The van der Waals surface area contributed by atoms with Crippen molar-refractivity contribution in [1.29, 1.82) is 0 Å². The zero-order valence-electron chi connectivity index (χ0n) is 7.88. The number of carbonyl (C=O) groups is 3. The summed E-state index contributed by atoms with van der Waals surface area (Å²) in [5, 5.41) is 2.18. The Hall–Kier alpha value is -1.39. The number of hydrogen-bond acceptors (Lipinski definition) is 3. The normalized spacial score (nSPS) is 21.3. The SMILES string of the molecule is CC(=O)N1CC(=O)NC(=O)C1(C)C. The van der Waals surface area contributed by atoms with Gasteiger partial charge < -0.3 is 4.90 Å².